The lowest BCUT2D eigenvalue weighted by molar-refractivity contribution is 0.0950. The molecule has 0 saturated carbocycles. The number of halogens is 1. The number of nitrogens with one attached hydrogen (secondary N) is 3. The molecule has 0 bridgehead atoms. The first kappa shape index (κ1) is 11.5. The lowest BCUT2D eigenvalue weighted by Crippen LogP contribution is -2.22. The molecule has 0 unspecified atom stereocenters. The standard InChI is InChI=1S/C11H10ClN3O2/c12-8-3-1-7(2-4-8)11(17)13-6-9-5-10(16)15-14-9/h1-5H,6H2,(H,13,17)(H2,14,15,16). The second-order valence-electron chi connectivity index (χ2n) is 3.47. The van der Waals surface area contributed by atoms with Gasteiger partial charge in [-0.05, 0) is 24.3 Å². The van der Waals surface area contributed by atoms with Crippen LogP contribution < -0.4 is 10.9 Å². The topological polar surface area (TPSA) is 77.8 Å². The minimum Gasteiger partial charge on any atom is -0.346 e. The van der Waals surface area contributed by atoms with Crippen LogP contribution in [-0.4, -0.2) is 16.1 Å². The Morgan fingerprint density at radius 1 is 1.24 bits per heavy atom. The average molecular weight is 252 g/mol. The predicted octanol–water partition coefficient (Wildman–Crippen LogP) is 1.29. The van der Waals surface area contributed by atoms with Gasteiger partial charge in [-0.15, -0.1) is 0 Å². The predicted molar refractivity (Wildman–Crippen MR) is 64.0 cm³/mol. The van der Waals surface area contributed by atoms with Crippen LogP contribution in [0.3, 0.4) is 0 Å². The van der Waals surface area contributed by atoms with E-state index < -0.39 is 0 Å². The third-order valence-corrected chi connectivity index (χ3v) is 2.45. The molecule has 6 heteroatoms. The summed E-state index contributed by atoms with van der Waals surface area (Å²) in [5.41, 5.74) is 0.922. The Kier molecular flexibility index (Phi) is 3.30. The van der Waals surface area contributed by atoms with Crippen LogP contribution in [-0.2, 0) is 6.54 Å². The molecule has 5 nitrogen and oxygen atoms in total. The highest BCUT2D eigenvalue weighted by atomic mass is 35.5. The number of hydrogen-bond donors (Lipinski definition) is 3. The van der Waals surface area contributed by atoms with Crippen molar-refractivity contribution in [3.8, 4) is 0 Å². The van der Waals surface area contributed by atoms with Crippen molar-refractivity contribution in [2.75, 3.05) is 0 Å². The molecule has 2 aromatic rings. The summed E-state index contributed by atoms with van der Waals surface area (Å²) in [7, 11) is 0. The smallest absolute Gasteiger partial charge is 0.264 e. The third-order valence-electron chi connectivity index (χ3n) is 2.20. The molecule has 0 atom stereocenters. The van der Waals surface area contributed by atoms with Gasteiger partial charge in [0.1, 0.15) is 0 Å². The van der Waals surface area contributed by atoms with Gasteiger partial charge >= 0.3 is 0 Å². The van der Waals surface area contributed by atoms with Crippen molar-refractivity contribution < 1.29 is 4.79 Å². The van der Waals surface area contributed by atoms with Gasteiger partial charge in [0.15, 0.2) is 0 Å². The largest absolute Gasteiger partial charge is 0.346 e. The van der Waals surface area contributed by atoms with Crippen molar-refractivity contribution in [2.45, 2.75) is 6.54 Å². The molecule has 3 N–H and O–H groups in total. The molecule has 0 aliphatic rings. The summed E-state index contributed by atoms with van der Waals surface area (Å²) in [6, 6.07) is 7.96. The lowest BCUT2D eigenvalue weighted by Gasteiger charge is -2.03. The third kappa shape index (κ3) is 2.98. The molecule has 0 aliphatic heterocycles. The highest BCUT2D eigenvalue weighted by molar-refractivity contribution is 6.30. The number of amides is 1. The Labute approximate surface area is 102 Å². The molecule has 1 amide bonds. The Morgan fingerprint density at radius 2 is 1.94 bits per heavy atom. The van der Waals surface area contributed by atoms with E-state index in [9.17, 15) is 9.59 Å². The van der Waals surface area contributed by atoms with Crippen molar-refractivity contribution in [3.05, 3.63) is 57.0 Å². The summed E-state index contributed by atoms with van der Waals surface area (Å²) in [6.45, 7) is 0.264. The molecule has 0 radical (unpaired) electrons. The first-order valence-corrected chi connectivity index (χ1v) is 5.33. The maximum absolute atomic E-state index is 11.7. The van der Waals surface area contributed by atoms with Crippen LogP contribution in [0.5, 0.6) is 0 Å². The van der Waals surface area contributed by atoms with E-state index in [2.05, 4.69) is 15.5 Å². The van der Waals surface area contributed by atoms with Gasteiger partial charge < -0.3 is 10.4 Å². The second-order valence-corrected chi connectivity index (χ2v) is 3.91. The summed E-state index contributed by atoms with van der Waals surface area (Å²) in [4.78, 5) is 22.5. The Bertz CT molecular complexity index is 571. The van der Waals surface area contributed by atoms with Gasteiger partial charge in [0.25, 0.3) is 11.5 Å². The van der Waals surface area contributed by atoms with E-state index >= 15 is 0 Å². The summed E-state index contributed by atoms with van der Waals surface area (Å²) in [5.74, 6) is -0.219. The van der Waals surface area contributed by atoms with Crippen LogP contribution in [0.2, 0.25) is 5.02 Å². The summed E-state index contributed by atoms with van der Waals surface area (Å²) >= 11 is 5.72. The number of aromatic nitrogens is 2. The number of H-pyrrole nitrogens is 2. The zero-order chi connectivity index (χ0) is 12.3. The van der Waals surface area contributed by atoms with E-state index in [1.807, 2.05) is 0 Å². The molecule has 0 spiro atoms. The summed E-state index contributed by atoms with van der Waals surface area (Å²) in [6.07, 6.45) is 0. The van der Waals surface area contributed by atoms with Crippen LogP contribution in [0.15, 0.2) is 35.1 Å². The maximum atomic E-state index is 11.7. The van der Waals surface area contributed by atoms with Gasteiger partial charge in [0.2, 0.25) is 0 Å². The van der Waals surface area contributed by atoms with Crippen LogP contribution in [0.1, 0.15) is 16.1 Å². The van der Waals surface area contributed by atoms with E-state index in [1.165, 1.54) is 6.07 Å². The van der Waals surface area contributed by atoms with Crippen molar-refractivity contribution in [2.24, 2.45) is 0 Å². The molecule has 0 saturated heterocycles. The Hall–Kier alpha value is -2.01. The summed E-state index contributed by atoms with van der Waals surface area (Å²) < 4.78 is 0. The second kappa shape index (κ2) is 4.88. The number of hydrogen-bond acceptors (Lipinski definition) is 2. The molecule has 1 aromatic carbocycles. The van der Waals surface area contributed by atoms with Gasteiger partial charge in [-0.3, -0.25) is 14.7 Å². The molecule has 88 valence electrons. The number of benzene rings is 1. The minimum absolute atomic E-state index is 0.219. The van der Waals surface area contributed by atoms with E-state index in [0.717, 1.165) is 0 Å². The fraction of sp³-hybridized carbons (Fsp3) is 0.0909. The van der Waals surface area contributed by atoms with Crippen molar-refractivity contribution in [1.29, 1.82) is 0 Å². The van der Waals surface area contributed by atoms with E-state index in [4.69, 9.17) is 11.6 Å². The minimum atomic E-state index is -0.222. The average Bonchev–Trinajstić information content (AvgIpc) is 2.73. The number of rotatable bonds is 3. The summed E-state index contributed by atoms with van der Waals surface area (Å²) in [5, 5.41) is 8.29. The van der Waals surface area contributed by atoms with Gasteiger partial charge in [0, 0.05) is 16.7 Å². The normalized spacial score (nSPS) is 10.2. The first-order chi connectivity index (χ1) is 8.15. The van der Waals surface area contributed by atoms with E-state index in [0.29, 0.717) is 16.3 Å². The highest BCUT2D eigenvalue weighted by Gasteiger charge is 2.05. The van der Waals surface area contributed by atoms with Crippen molar-refractivity contribution in [3.63, 3.8) is 0 Å². The Morgan fingerprint density at radius 3 is 2.53 bits per heavy atom. The van der Waals surface area contributed by atoms with Gasteiger partial charge in [0.05, 0.1) is 12.2 Å². The number of aromatic amines is 2. The number of carbonyl (C=O) groups is 1. The molecule has 2 rings (SSSR count). The highest BCUT2D eigenvalue weighted by Crippen LogP contribution is 2.09. The van der Waals surface area contributed by atoms with Crippen molar-refractivity contribution >= 4 is 17.5 Å². The van der Waals surface area contributed by atoms with Crippen molar-refractivity contribution in [1.82, 2.24) is 15.5 Å². The van der Waals surface area contributed by atoms with Gasteiger partial charge in [-0.2, -0.15) is 0 Å². The fourth-order valence-electron chi connectivity index (χ4n) is 1.35. The zero-order valence-corrected chi connectivity index (χ0v) is 9.54. The molecule has 1 aromatic heterocycles. The molecular weight excluding hydrogens is 242 g/mol. The molecule has 0 fully saturated rings. The monoisotopic (exact) mass is 251 g/mol. The number of carbonyl (C=O) groups excluding carboxylic acids is 1. The molecule has 17 heavy (non-hydrogen) atoms. The van der Waals surface area contributed by atoms with E-state index in [1.54, 1.807) is 24.3 Å². The molecule has 0 aliphatic carbocycles. The Balaban J connectivity index is 1.98. The van der Waals surface area contributed by atoms with Crippen LogP contribution >= 0.6 is 11.6 Å². The molecular formula is C11H10ClN3O2. The SMILES string of the molecule is O=C(NCc1cc(=O)[nH][nH]1)c1ccc(Cl)cc1. The van der Waals surface area contributed by atoms with Crippen LogP contribution in [0.25, 0.3) is 0 Å². The first-order valence-electron chi connectivity index (χ1n) is 4.95. The van der Waals surface area contributed by atoms with Gasteiger partial charge in [-0.1, -0.05) is 11.6 Å². The zero-order valence-electron chi connectivity index (χ0n) is 8.79. The fourth-order valence-corrected chi connectivity index (χ4v) is 1.47. The van der Waals surface area contributed by atoms with Crippen LogP contribution in [0, 0.1) is 0 Å². The van der Waals surface area contributed by atoms with Crippen LogP contribution in [0.4, 0.5) is 0 Å². The van der Waals surface area contributed by atoms with E-state index in [-0.39, 0.29) is 18.0 Å². The molecule has 1 heterocycles. The van der Waals surface area contributed by atoms with Gasteiger partial charge in [-0.25, -0.2) is 0 Å². The quantitative estimate of drug-likeness (QED) is 0.769. The lowest BCUT2D eigenvalue weighted by atomic mass is 10.2. The maximum Gasteiger partial charge on any atom is 0.264 e.